The van der Waals surface area contributed by atoms with E-state index in [1.165, 1.54) is 18.2 Å². The molecular formula is C11H12N2O5S. The highest BCUT2D eigenvalue weighted by molar-refractivity contribution is 7.90. The van der Waals surface area contributed by atoms with Gasteiger partial charge in [0.25, 0.3) is 15.7 Å². The maximum absolute atomic E-state index is 12.1. The Labute approximate surface area is 110 Å². The van der Waals surface area contributed by atoms with E-state index in [4.69, 9.17) is 4.74 Å². The van der Waals surface area contributed by atoms with Gasteiger partial charge >= 0.3 is 0 Å². The van der Waals surface area contributed by atoms with Gasteiger partial charge in [-0.1, -0.05) is 12.1 Å². The normalized spacial score (nSPS) is 18.0. The molecule has 1 aliphatic heterocycles. The number of hydrogen-bond donors (Lipinski definition) is 0. The standard InChI is InChI=1S/C11H12N2O5S/c14-13(15)9-5-1-2-6-10(9)19(16,17)12-11-7-3-4-8-18-11/h1-2,5-6H,3-4,7-8H2. The van der Waals surface area contributed by atoms with E-state index in [0.29, 0.717) is 13.0 Å². The van der Waals surface area contributed by atoms with E-state index in [1.807, 2.05) is 0 Å². The summed E-state index contributed by atoms with van der Waals surface area (Å²) in [6.45, 7) is 0.422. The van der Waals surface area contributed by atoms with Crippen LogP contribution in [0.2, 0.25) is 0 Å². The fraction of sp³-hybridized carbons (Fsp3) is 0.364. The zero-order valence-electron chi connectivity index (χ0n) is 9.98. The molecule has 0 saturated carbocycles. The predicted molar refractivity (Wildman–Crippen MR) is 67.5 cm³/mol. The lowest BCUT2D eigenvalue weighted by Crippen LogP contribution is -2.15. The Balaban J connectivity index is 2.42. The molecule has 2 rings (SSSR count). The molecule has 1 aromatic carbocycles. The second kappa shape index (κ2) is 5.35. The van der Waals surface area contributed by atoms with Crippen molar-refractivity contribution in [3.8, 4) is 0 Å². The first-order chi connectivity index (χ1) is 9.00. The van der Waals surface area contributed by atoms with Crippen LogP contribution in [-0.4, -0.2) is 25.8 Å². The Bertz CT molecular complexity index is 616. The van der Waals surface area contributed by atoms with Gasteiger partial charge in [-0.15, -0.1) is 4.40 Å². The number of nitro benzene ring substituents is 1. The number of nitrogens with zero attached hydrogens (tertiary/aromatic N) is 2. The highest BCUT2D eigenvalue weighted by Crippen LogP contribution is 2.25. The van der Waals surface area contributed by atoms with Crippen LogP contribution in [0.1, 0.15) is 19.3 Å². The molecule has 1 fully saturated rings. The SMILES string of the molecule is O=[N+]([O-])c1ccccc1S(=O)(=O)N=C1CCCCO1. The van der Waals surface area contributed by atoms with Crippen LogP contribution >= 0.6 is 0 Å². The Morgan fingerprint density at radius 3 is 2.63 bits per heavy atom. The Kier molecular flexibility index (Phi) is 3.79. The first-order valence-corrected chi connectivity index (χ1v) is 7.15. The number of nitro groups is 1. The first-order valence-electron chi connectivity index (χ1n) is 5.71. The fourth-order valence-electron chi connectivity index (χ4n) is 1.72. The number of hydrogen-bond acceptors (Lipinski definition) is 5. The zero-order valence-corrected chi connectivity index (χ0v) is 10.8. The summed E-state index contributed by atoms with van der Waals surface area (Å²) in [5.74, 6) is 0.115. The molecule has 1 aliphatic rings. The van der Waals surface area contributed by atoms with E-state index in [-0.39, 0.29) is 5.90 Å². The maximum atomic E-state index is 12.1. The van der Waals surface area contributed by atoms with Crippen molar-refractivity contribution in [2.75, 3.05) is 6.61 Å². The topological polar surface area (TPSA) is 98.9 Å². The smallest absolute Gasteiger partial charge is 0.292 e. The number of rotatable bonds is 3. The van der Waals surface area contributed by atoms with Crippen LogP contribution in [0, 0.1) is 10.1 Å². The molecule has 0 radical (unpaired) electrons. The second-order valence-corrected chi connectivity index (χ2v) is 5.56. The number of sulfonamides is 1. The summed E-state index contributed by atoms with van der Waals surface area (Å²) >= 11 is 0. The molecule has 1 heterocycles. The fourth-order valence-corrected chi connectivity index (χ4v) is 2.89. The minimum atomic E-state index is -4.11. The number of ether oxygens (including phenoxy) is 1. The van der Waals surface area contributed by atoms with Crippen LogP contribution in [0.5, 0.6) is 0 Å². The van der Waals surface area contributed by atoms with Gasteiger partial charge in [0.05, 0.1) is 11.5 Å². The minimum absolute atomic E-state index is 0.115. The molecule has 19 heavy (non-hydrogen) atoms. The summed E-state index contributed by atoms with van der Waals surface area (Å²) < 4.78 is 32.8. The monoisotopic (exact) mass is 284 g/mol. The van der Waals surface area contributed by atoms with Crippen LogP contribution in [0.25, 0.3) is 0 Å². The molecule has 1 aromatic rings. The van der Waals surface area contributed by atoms with Gasteiger partial charge in [0.2, 0.25) is 0 Å². The third kappa shape index (κ3) is 3.08. The van der Waals surface area contributed by atoms with Gasteiger partial charge in [0.15, 0.2) is 10.8 Å². The highest BCUT2D eigenvalue weighted by Gasteiger charge is 2.26. The average molecular weight is 284 g/mol. The summed E-state index contributed by atoms with van der Waals surface area (Å²) in [7, 11) is -4.11. The van der Waals surface area contributed by atoms with Crippen molar-refractivity contribution in [1.82, 2.24) is 0 Å². The first kappa shape index (κ1) is 13.5. The molecule has 102 valence electrons. The molecule has 0 spiro atoms. The Morgan fingerprint density at radius 1 is 1.26 bits per heavy atom. The zero-order chi connectivity index (χ0) is 13.9. The molecular weight excluding hydrogens is 272 g/mol. The predicted octanol–water partition coefficient (Wildman–Crippen LogP) is 1.88. The largest absolute Gasteiger partial charge is 0.480 e. The molecule has 0 amide bonds. The van der Waals surface area contributed by atoms with E-state index in [2.05, 4.69) is 4.40 Å². The van der Waals surface area contributed by atoms with Crippen LogP contribution < -0.4 is 0 Å². The summed E-state index contributed by atoms with van der Waals surface area (Å²) in [5.41, 5.74) is -0.484. The van der Waals surface area contributed by atoms with Crippen LogP contribution in [0.3, 0.4) is 0 Å². The molecule has 0 bridgehead atoms. The van der Waals surface area contributed by atoms with Gasteiger partial charge < -0.3 is 4.74 Å². The highest BCUT2D eigenvalue weighted by atomic mass is 32.2. The van der Waals surface area contributed by atoms with Crippen molar-refractivity contribution >= 4 is 21.6 Å². The van der Waals surface area contributed by atoms with Gasteiger partial charge in [0.1, 0.15) is 0 Å². The van der Waals surface area contributed by atoms with Crippen molar-refractivity contribution in [2.24, 2.45) is 4.40 Å². The van der Waals surface area contributed by atoms with Gasteiger partial charge in [0, 0.05) is 12.5 Å². The van der Waals surface area contributed by atoms with E-state index in [0.717, 1.165) is 18.9 Å². The van der Waals surface area contributed by atoms with Gasteiger partial charge in [-0.2, -0.15) is 8.42 Å². The summed E-state index contributed by atoms with van der Waals surface area (Å²) in [6, 6.07) is 5.12. The quantitative estimate of drug-likeness (QED) is 0.623. The van der Waals surface area contributed by atoms with Crippen molar-refractivity contribution < 1.29 is 18.1 Å². The number of para-hydroxylation sites is 1. The summed E-state index contributed by atoms with van der Waals surface area (Å²) in [5, 5.41) is 10.8. The molecule has 1 saturated heterocycles. The second-order valence-electron chi connectivity index (χ2n) is 3.99. The Morgan fingerprint density at radius 2 is 2.00 bits per heavy atom. The summed E-state index contributed by atoms with van der Waals surface area (Å²) in [6.07, 6.45) is 2.08. The van der Waals surface area contributed by atoms with Crippen LogP contribution in [-0.2, 0) is 14.8 Å². The van der Waals surface area contributed by atoms with Crippen molar-refractivity contribution in [3.63, 3.8) is 0 Å². The van der Waals surface area contributed by atoms with Crippen LogP contribution in [0.15, 0.2) is 33.6 Å². The number of benzene rings is 1. The molecule has 0 aliphatic carbocycles. The maximum Gasteiger partial charge on any atom is 0.292 e. The van der Waals surface area contributed by atoms with E-state index in [9.17, 15) is 18.5 Å². The molecule has 0 aromatic heterocycles. The molecule has 7 nitrogen and oxygen atoms in total. The lowest BCUT2D eigenvalue weighted by molar-refractivity contribution is -0.387. The van der Waals surface area contributed by atoms with Crippen molar-refractivity contribution in [3.05, 3.63) is 34.4 Å². The lowest BCUT2D eigenvalue weighted by atomic mass is 10.2. The minimum Gasteiger partial charge on any atom is -0.480 e. The van der Waals surface area contributed by atoms with Gasteiger partial charge in [-0.05, 0) is 18.9 Å². The van der Waals surface area contributed by atoms with Crippen molar-refractivity contribution in [1.29, 1.82) is 0 Å². The van der Waals surface area contributed by atoms with E-state index in [1.54, 1.807) is 0 Å². The van der Waals surface area contributed by atoms with Crippen molar-refractivity contribution in [2.45, 2.75) is 24.2 Å². The van der Waals surface area contributed by atoms with E-state index < -0.39 is 25.5 Å². The van der Waals surface area contributed by atoms with E-state index >= 15 is 0 Å². The molecule has 0 N–H and O–H groups in total. The molecule has 0 atom stereocenters. The third-order valence-electron chi connectivity index (χ3n) is 2.62. The van der Waals surface area contributed by atoms with Gasteiger partial charge in [-0.25, -0.2) is 0 Å². The lowest BCUT2D eigenvalue weighted by Gasteiger charge is -2.13. The average Bonchev–Trinajstić information content (AvgIpc) is 2.39. The summed E-state index contributed by atoms with van der Waals surface area (Å²) in [4.78, 5) is 9.67. The Hall–Kier alpha value is -1.96. The molecule has 0 unspecified atom stereocenters. The van der Waals surface area contributed by atoms with Crippen LogP contribution in [0.4, 0.5) is 5.69 Å². The third-order valence-corrected chi connectivity index (χ3v) is 3.96. The van der Waals surface area contributed by atoms with Gasteiger partial charge in [-0.3, -0.25) is 10.1 Å². The molecule has 8 heteroatoms.